The lowest BCUT2D eigenvalue weighted by molar-refractivity contribution is 0.591. The van der Waals surface area contributed by atoms with Crippen LogP contribution in [0.1, 0.15) is 16.8 Å². The zero-order valence-corrected chi connectivity index (χ0v) is 14.3. The zero-order chi connectivity index (χ0) is 17.5. The van der Waals surface area contributed by atoms with Crippen LogP contribution in [0.25, 0.3) is 5.69 Å². The quantitative estimate of drug-likeness (QED) is 0.731. The highest BCUT2D eigenvalue weighted by Gasteiger charge is 2.26. The predicted molar refractivity (Wildman–Crippen MR) is 87.4 cm³/mol. The van der Waals surface area contributed by atoms with Crippen molar-refractivity contribution in [2.75, 3.05) is 0 Å². The molecule has 3 aromatic rings. The summed E-state index contributed by atoms with van der Waals surface area (Å²) in [5.41, 5.74) is 2.82. The average molecular weight is 345 g/mol. The lowest BCUT2D eigenvalue weighted by Gasteiger charge is -2.06. The molecule has 24 heavy (non-hydrogen) atoms. The summed E-state index contributed by atoms with van der Waals surface area (Å²) in [5, 5.41) is 7.66. The molecule has 5 nitrogen and oxygen atoms in total. The minimum atomic E-state index is -3.77. The van der Waals surface area contributed by atoms with E-state index in [-0.39, 0.29) is 15.7 Å². The third-order valence-corrected chi connectivity index (χ3v) is 5.73. The molecule has 1 aromatic heterocycles. The van der Waals surface area contributed by atoms with Gasteiger partial charge in [-0.2, -0.15) is 0 Å². The number of halogens is 1. The SMILES string of the molecule is Cc1ccc(S(=O)(=O)c2nnn(-c3ccc(F)cc3)c2C)cc1C. The van der Waals surface area contributed by atoms with Crippen LogP contribution in [0.4, 0.5) is 4.39 Å². The second kappa shape index (κ2) is 5.83. The van der Waals surface area contributed by atoms with Crippen molar-refractivity contribution in [1.29, 1.82) is 0 Å². The number of nitrogens with zero attached hydrogens (tertiary/aromatic N) is 3. The number of rotatable bonds is 3. The number of sulfone groups is 1. The van der Waals surface area contributed by atoms with E-state index >= 15 is 0 Å². The Hall–Kier alpha value is -2.54. The molecule has 0 aliphatic carbocycles. The average Bonchev–Trinajstić information content (AvgIpc) is 2.93. The van der Waals surface area contributed by atoms with E-state index in [1.165, 1.54) is 28.9 Å². The molecule has 124 valence electrons. The first kappa shape index (κ1) is 16.3. The van der Waals surface area contributed by atoms with Crippen LogP contribution in [0, 0.1) is 26.6 Å². The van der Waals surface area contributed by atoms with Gasteiger partial charge in [0.25, 0.3) is 0 Å². The molecule has 0 saturated carbocycles. The van der Waals surface area contributed by atoms with Crippen molar-refractivity contribution in [1.82, 2.24) is 15.0 Å². The minimum absolute atomic E-state index is 0.102. The van der Waals surface area contributed by atoms with Gasteiger partial charge in [0, 0.05) is 0 Å². The van der Waals surface area contributed by atoms with E-state index in [0.717, 1.165) is 11.1 Å². The molecule has 0 aliphatic rings. The van der Waals surface area contributed by atoms with E-state index < -0.39 is 9.84 Å². The van der Waals surface area contributed by atoms with Crippen LogP contribution in [0.2, 0.25) is 0 Å². The molecule has 0 atom stereocenters. The third kappa shape index (κ3) is 2.71. The Morgan fingerprint density at radius 3 is 2.25 bits per heavy atom. The Labute approximate surface area is 139 Å². The highest BCUT2D eigenvalue weighted by molar-refractivity contribution is 7.91. The molecule has 3 rings (SSSR count). The van der Waals surface area contributed by atoms with E-state index in [0.29, 0.717) is 11.4 Å². The van der Waals surface area contributed by atoms with Gasteiger partial charge in [-0.05, 0) is 68.3 Å². The number of aryl methyl sites for hydroxylation is 2. The Balaban J connectivity index is 2.09. The topological polar surface area (TPSA) is 64.8 Å². The van der Waals surface area contributed by atoms with Crippen LogP contribution in [0.5, 0.6) is 0 Å². The molecule has 0 unspecified atom stereocenters. The molecule has 7 heteroatoms. The van der Waals surface area contributed by atoms with Crippen molar-refractivity contribution < 1.29 is 12.8 Å². The third-order valence-electron chi connectivity index (χ3n) is 3.97. The van der Waals surface area contributed by atoms with Gasteiger partial charge in [0.15, 0.2) is 0 Å². The first-order valence-electron chi connectivity index (χ1n) is 7.31. The van der Waals surface area contributed by atoms with Gasteiger partial charge in [-0.1, -0.05) is 11.3 Å². The van der Waals surface area contributed by atoms with Crippen LogP contribution < -0.4 is 0 Å². The molecular formula is C17H16FN3O2S. The maximum Gasteiger partial charge on any atom is 0.227 e. The Kier molecular flexibility index (Phi) is 3.96. The van der Waals surface area contributed by atoms with Crippen LogP contribution in [0.15, 0.2) is 52.4 Å². The van der Waals surface area contributed by atoms with Crippen LogP contribution >= 0.6 is 0 Å². The lowest BCUT2D eigenvalue weighted by Crippen LogP contribution is -2.06. The maximum absolute atomic E-state index is 13.0. The summed E-state index contributed by atoms with van der Waals surface area (Å²) in [4.78, 5) is 0.180. The molecule has 0 amide bonds. The normalized spacial score (nSPS) is 11.7. The number of hydrogen-bond acceptors (Lipinski definition) is 4. The van der Waals surface area contributed by atoms with E-state index in [1.807, 2.05) is 13.8 Å². The second-order valence-electron chi connectivity index (χ2n) is 5.62. The number of hydrogen-bond donors (Lipinski definition) is 0. The molecule has 0 aliphatic heterocycles. The Morgan fingerprint density at radius 2 is 1.62 bits per heavy atom. The first-order valence-corrected chi connectivity index (χ1v) is 8.79. The van der Waals surface area contributed by atoms with Crippen molar-refractivity contribution in [2.24, 2.45) is 0 Å². The van der Waals surface area contributed by atoms with Crippen LogP contribution in [-0.2, 0) is 9.84 Å². The summed E-state index contributed by atoms with van der Waals surface area (Å²) < 4.78 is 40.1. The van der Waals surface area contributed by atoms with Gasteiger partial charge in [0.05, 0.1) is 16.3 Å². The summed E-state index contributed by atoms with van der Waals surface area (Å²) in [6, 6.07) is 10.6. The fourth-order valence-corrected chi connectivity index (χ4v) is 3.81. The summed E-state index contributed by atoms with van der Waals surface area (Å²) in [7, 11) is -3.77. The zero-order valence-electron chi connectivity index (χ0n) is 13.5. The van der Waals surface area contributed by atoms with Crippen molar-refractivity contribution in [3.8, 4) is 5.69 Å². The molecule has 0 N–H and O–H groups in total. The number of benzene rings is 2. The molecular weight excluding hydrogens is 329 g/mol. The standard InChI is InChI=1S/C17H16FN3O2S/c1-11-4-9-16(10-12(11)2)24(22,23)17-13(3)21(20-19-17)15-7-5-14(18)6-8-15/h4-10H,1-3H3. The molecule has 2 aromatic carbocycles. The summed E-state index contributed by atoms with van der Waals surface area (Å²) in [5.74, 6) is -0.375. The summed E-state index contributed by atoms with van der Waals surface area (Å²) >= 11 is 0. The van der Waals surface area contributed by atoms with Gasteiger partial charge >= 0.3 is 0 Å². The summed E-state index contributed by atoms with van der Waals surface area (Å²) in [6.45, 7) is 5.40. The first-order chi connectivity index (χ1) is 11.3. The monoisotopic (exact) mass is 345 g/mol. The Morgan fingerprint density at radius 1 is 0.958 bits per heavy atom. The van der Waals surface area contributed by atoms with Gasteiger partial charge in [0.2, 0.25) is 14.9 Å². The predicted octanol–water partition coefficient (Wildman–Crippen LogP) is 3.16. The highest BCUT2D eigenvalue weighted by Crippen LogP contribution is 2.25. The van der Waals surface area contributed by atoms with Gasteiger partial charge in [-0.25, -0.2) is 17.5 Å². The molecule has 0 spiro atoms. The fourth-order valence-electron chi connectivity index (χ4n) is 2.38. The molecule has 0 saturated heterocycles. The van der Waals surface area contributed by atoms with Gasteiger partial charge in [-0.3, -0.25) is 0 Å². The minimum Gasteiger partial charge on any atom is -0.217 e. The van der Waals surface area contributed by atoms with Crippen LogP contribution in [0.3, 0.4) is 0 Å². The van der Waals surface area contributed by atoms with Crippen LogP contribution in [-0.4, -0.2) is 23.4 Å². The van der Waals surface area contributed by atoms with Gasteiger partial charge < -0.3 is 0 Å². The van der Waals surface area contributed by atoms with Gasteiger partial charge in [0.1, 0.15) is 5.82 Å². The van der Waals surface area contributed by atoms with E-state index in [2.05, 4.69) is 10.3 Å². The second-order valence-corrected chi connectivity index (χ2v) is 7.48. The van der Waals surface area contributed by atoms with Crippen molar-refractivity contribution in [3.63, 3.8) is 0 Å². The number of aromatic nitrogens is 3. The molecule has 0 bridgehead atoms. The summed E-state index contributed by atoms with van der Waals surface area (Å²) in [6.07, 6.45) is 0. The van der Waals surface area contributed by atoms with E-state index in [4.69, 9.17) is 0 Å². The van der Waals surface area contributed by atoms with Crippen molar-refractivity contribution in [2.45, 2.75) is 30.7 Å². The molecule has 0 fully saturated rings. The van der Waals surface area contributed by atoms with E-state index in [9.17, 15) is 12.8 Å². The van der Waals surface area contributed by atoms with Crippen molar-refractivity contribution in [3.05, 3.63) is 65.1 Å². The van der Waals surface area contributed by atoms with Gasteiger partial charge in [-0.15, -0.1) is 5.10 Å². The highest BCUT2D eigenvalue weighted by atomic mass is 32.2. The molecule has 1 heterocycles. The largest absolute Gasteiger partial charge is 0.227 e. The van der Waals surface area contributed by atoms with Crippen molar-refractivity contribution >= 4 is 9.84 Å². The lowest BCUT2D eigenvalue weighted by atomic mass is 10.1. The smallest absolute Gasteiger partial charge is 0.217 e. The van der Waals surface area contributed by atoms with E-state index in [1.54, 1.807) is 25.1 Å². The maximum atomic E-state index is 13.0. The molecule has 0 radical (unpaired) electrons. The Bertz CT molecular complexity index is 1010. The fraction of sp³-hybridized carbons (Fsp3) is 0.176.